The van der Waals surface area contributed by atoms with Crippen LogP contribution in [0.2, 0.25) is 0 Å². The van der Waals surface area contributed by atoms with Crippen molar-refractivity contribution in [3.8, 4) is 0 Å². The Morgan fingerprint density at radius 1 is 1.32 bits per heavy atom. The standard InChI is InChI=1S/C14H19N5OS.ClH/c1-9(10(2)15)13(20)17-11-4-6-12(7-5-11)21-14-18-16-8-19(14)3;/h4-10H,15H2,1-3H3,(H,17,20);1H. The fraction of sp³-hybridized carbons (Fsp3) is 0.357. The van der Waals surface area contributed by atoms with Gasteiger partial charge in [0.15, 0.2) is 5.16 Å². The van der Waals surface area contributed by atoms with E-state index in [0.717, 1.165) is 15.7 Å². The molecule has 0 spiro atoms. The van der Waals surface area contributed by atoms with Gasteiger partial charge < -0.3 is 15.6 Å². The Kier molecular flexibility index (Phi) is 6.86. The molecule has 0 aliphatic rings. The van der Waals surface area contributed by atoms with Gasteiger partial charge in [-0.2, -0.15) is 0 Å². The molecule has 0 bridgehead atoms. The Labute approximate surface area is 140 Å². The van der Waals surface area contributed by atoms with Crippen molar-refractivity contribution in [1.29, 1.82) is 0 Å². The number of carbonyl (C=O) groups is 1. The van der Waals surface area contributed by atoms with Crippen molar-refractivity contribution >= 4 is 35.8 Å². The maximum atomic E-state index is 11.9. The van der Waals surface area contributed by atoms with Crippen LogP contribution in [0.15, 0.2) is 40.6 Å². The number of benzene rings is 1. The zero-order chi connectivity index (χ0) is 15.4. The third kappa shape index (κ3) is 4.72. The third-order valence-electron chi connectivity index (χ3n) is 3.20. The Bertz CT molecular complexity index is 614. The summed E-state index contributed by atoms with van der Waals surface area (Å²) in [6.45, 7) is 3.64. The fourth-order valence-electron chi connectivity index (χ4n) is 1.57. The van der Waals surface area contributed by atoms with Crippen molar-refractivity contribution in [1.82, 2.24) is 14.8 Å². The topological polar surface area (TPSA) is 85.8 Å². The van der Waals surface area contributed by atoms with Crippen molar-refractivity contribution in [3.05, 3.63) is 30.6 Å². The van der Waals surface area contributed by atoms with Crippen LogP contribution in [0.4, 0.5) is 5.69 Å². The molecule has 2 aromatic rings. The van der Waals surface area contributed by atoms with E-state index in [1.165, 1.54) is 11.8 Å². The highest BCUT2D eigenvalue weighted by Gasteiger charge is 2.16. The zero-order valence-corrected chi connectivity index (χ0v) is 14.3. The molecule has 1 heterocycles. The summed E-state index contributed by atoms with van der Waals surface area (Å²) in [5.41, 5.74) is 6.48. The highest BCUT2D eigenvalue weighted by molar-refractivity contribution is 7.99. The normalized spacial score (nSPS) is 13.1. The lowest BCUT2D eigenvalue weighted by atomic mass is 10.0. The summed E-state index contributed by atoms with van der Waals surface area (Å²) in [5, 5.41) is 11.5. The molecule has 8 heteroatoms. The first-order chi connectivity index (χ1) is 9.97. The molecule has 0 radical (unpaired) electrons. The first-order valence-electron chi connectivity index (χ1n) is 6.65. The number of nitrogens with two attached hydrogens (primary N) is 1. The number of halogens is 1. The molecule has 2 rings (SSSR count). The van der Waals surface area contributed by atoms with Gasteiger partial charge in [0, 0.05) is 23.7 Å². The van der Waals surface area contributed by atoms with E-state index in [1.54, 1.807) is 6.33 Å². The minimum absolute atomic E-state index is 0. The number of carbonyl (C=O) groups excluding carboxylic acids is 1. The minimum Gasteiger partial charge on any atom is -0.327 e. The second kappa shape index (κ2) is 8.17. The molecule has 120 valence electrons. The van der Waals surface area contributed by atoms with Gasteiger partial charge in [-0.15, -0.1) is 22.6 Å². The van der Waals surface area contributed by atoms with Crippen molar-refractivity contribution in [2.45, 2.75) is 29.9 Å². The third-order valence-corrected chi connectivity index (χ3v) is 4.26. The zero-order valence-electron chi connectivity index (χ0n) is 12.7. The number of amides is 1. The Morgan fingerprint density at radius 3 is 2.45 bits per heavy atom. The Balaban J connectivity index is 0.00000242. The van der Waals surface area contributed by atoms with E-state index in [0.29, 0.717) is 0 Å². The predicted molar refractivity (Wildman–Crippen MR) is 90.3 cm³/mol. The van der Waals surface area contributed by atoms with Crippen LogP contribution in [0.1, 0.15) is 13.8 Å². The van der Waals surface area contributed by atoms with E-state index in [2.05, 4.69) is 15.5 Å². The first kappa shape index (κ1) is 18.5. The second-order valence-corrected chi connectivity index (χ2v) is 6.03. The summed E-state index contributed by atoms with van der Waals surface area (Å²) < 4.78 is 1.85. The number of hydrogen-bond acceptors (Lipinski definition) is 5. The molecule has 2 atom stereocenters. The Hall–Kier alpha value is -1.57. The van der Waals surface area contributed by atoms with Gasteiger partial charge in [-0.05, 0) is 43.0 Å². The molecule has 3 N–H and O–H groups in total. The van der Waals surface area contributed by atoms with E-state index in [1.807, 2.05) is 49.7 Å². The van der Waals surface area contributed by atoms with E-state index >= 15 is 0 Å². The van der Waals surface area contributed by atoms with Gasteiger partial charge in [-0.25, -0.2) is 0 Å². The van der Waals surface area contributed by atoms with E-state index < -0.39 is 0 Å². The Morgan fingerprint density at radius 2 is 1.95 bits per heavy atom. The molecule has 2 unspecified atom stereocenters. The van der Waals surface area contributed by atoms with Gasteiger partial charge in [-0.3, -0.25) is 4.79 Å². The SMILES string of the molecule is CC(N)C(C)C(=O)Nc1ccc(Sc2nncn2C)cc1.Cl. The van der Waals surface area contributed by atoms with Gasteiger partial charge in [0.25, 0.3) is 0 Å². The molecule has 0 aliphatic carbocycles. The molecule has 0 saturated carbocycles. The number of rotatable bonds is 5. The maximum Gasteiger partial charge on any atom is 0.228 e. The van der Waals surface area contributed by atoms with Crippen LogP contribution >= 0.6 is 24.2 Å². The predicted octanol–water partition coefficient (Wildman–Crippen LogP) is 2.31. The molecule has 22 heavy (non-hydrogen) atoms. The number of nitrogens with zero attached hydrogens (tertiary/aromatic N) is 3. The van der Waals surface area contributed by atoms with Gasteiger partial charge in [0.05, 0.1) is 5.92 Å². The number of anilines is 1. The number of hydrogen-bond donors (Lipinski definition) is 2. The van der Waals surface area contributed by atoms with Crippen molar-refractivity contribution in [2.75, 3.05) is 5.32 Å². The largest absolute Gasteiger partial charge is 0.327 e. The van der Waals surface area contributed by atoms with Crippen molar-refractivity contribution in [3.63, 3.8) is 0 Å². The highest BCUT2D eigenvalue weighted by Crippen LogP contribution is 2.26. The lowest BCUT2D eigenvalue weighted by Gasteiger charge is -2.15. The van der Waals surface area contributed by atoms with Gasteiger partial charge in [-0.1, -0.05) is 6.92 Å². The van der Waals surface area contributed by atoms with E-state index in [9.17, 15) is 4.79 Å². The molecular weight excluding hydrogens is 322 g/mol. The summed E-state index contributed by atoms with van der Waals surface area (Å²) in [6.07, 6.45) is 1.66. The lowest BCUT2D eigenvalue weighted by Crippen LogP contribution is -2.34. The van der Waals surface area contributed by atoms with Crippen LogP contribution < -0.4 is 11.1 Å². The molecule has 0 fully saturated rings. The lowest BCUT2D eigenvalue weighted by molar-refractivity contribution is -0.119. The smallest absolute Gasteiger partial charge is 0.228 e. The maximum absolute atomic E-state index is 11.9. The van der Waals surface area contributed by atoms with Crippen LogP contribution in [-0.4, -0.2) is 26.7 Å². The first-order valence-corrected chi connectivity index (χ1v) is 7.47. The van der Waals surface area contributed by atoms with Gasteiger partial charge >= 0.3 is 0 Å². The monoisotopic (exact) mass is 341 g/mol. The van der Waals surface area contributed by atoms with Crippen LogP contribution in [0.5, 0.6) is 0 Å². The quantitative estimate of drug-likeness (QED) is 0.871. The number of aryl methyl sites for hydroxylation is 1. The molecule has 6 nitrogen and oxygen atoms in total. The van der Waals surface area contributed by atoms with Crippen molar-refractivity contribution in [2.24, 2.45) is 18.7 Å². The van der Waals surface area contributed by atoms with E-state index in [-0.39, 0.29) is 30.3 Å². The van der Waals surface area contributed by atoms with Crippen molar-refractivity contribution < 1.29 is 4.79 Å². The summed E-state index contributed by atoms with van der Waals surface area (Å²) in [7, 11) is 1.90. The highest BCUT2D eigenvalue weighted by atomic mass is 35.5. The second-order valence-electron chi connectivity index (χ2n) is 4.99. The average molecular weight is 342 g/mol. The molecule has 1 amide bonds. The minimum atomic E-state index is -0.224. The molecule has 0 aliphatic heterocycles. The van der Waals surface area contributed by atoms with Crippen LogP contribution in [-0.2, 0) is 11.8 Å². The van der Waals surface area contributed by atoms with Crippen LogP contribution in [0.25, 0.3) is 0 Å². The summed E-state index contributed by atoms with van der Waals surface area (Å²) in [5.74, 6) is -0.295. The summed E-state index contributed by atoms with van der Waals surface area (Å²) >= 11 is 1.52. The average Bonchev–Trinajstić information content (AvgIpc) is 2.85. The summed E-state index contributed by atoms with van der Waals surface area (Å²) in [6, 6.07) is 7.43. The van der Waals surface area contributed by atoms with Gasteiger partial charge in [0.2, 0.25) is 5.91 Å². The van der Waals surface area contributed by atoms with E-state index in [4.69, 9.17) is 5.73 Å². The summed E-state index contributed by atoms with van der Waals surface area (Å²) in [4.78, 5) is 13.0. The molecule has 1 aromatic carbocycles. The molecule has 1 aromatic heterocycles. The number of aromatic nitrogens is 3. The molecular formula is C14H20ClN5OS. The van der Waals surface area contributed by atoms with Crippen LogP contribution in [0.3, 0.4) is 0 Å². The number of nitrogens with one attached hydrogen (secondary N) is 1. The van der Waals surface area contributed by atoms with Gasteiger partial charge in [0.1, 0.15) is 6.33 Å². The molecule has 0 saturated heterocycles. The fourth-order valence-corrected chi connectivity index (χ4v) is 2.33. The van der Waals surface area contributed by atoms with Crippen LogP contribution in [0, 0.1) is 5.92 Å².